The molecular weight excluding hydrogens is 481 g/mol. The molecule has 198 valence electrons. The van der Waals surface area contributed by atoms with Gasteiger partial charge in [-0.1, -0.05) is 31.2 Å². The highest BCUT2D eigenvalue weighted by Crippen LogP contribution is 2.21. The van der Waals surface area contributed by atoms with Crippen LogP contribution in [-0.2, 0) is 26.2 Å². The highest BCUT2D eigenvalue weighted by atomic mass is 32.2. The van der Waals surface area contributed by atoms with Crippen molar-refractivity contribution in [2.45, 2.75) is 72.0 Å². The molecule has 36 heavy (non-hydrogen) atoms. The van der Waals surface area contributed by atoms with E-state index in [-0.39, 0.29) is 43.6 Å². The van der Waals surface area contributed by atoms with Crippen molar-refractivity contribution >= 4 is 27.5 Å². The Labute approximate surface area is 214 Å². The molecule has 9 heteroatoms. The lowest BCUT2D eigenvalue weighted by atomic mass is 10.0. The number of sulfonamides is 1. The predicted molar refractivity (Wildman–Crippen MR) is 142 cm³/mol. The third-order valence-corrected chi connectivity index (χ3v) is 6.79. The summed E-state index contributed by atoms with van der Waals surface area (Å²) in [5.41, 5.74) is 1.70. The summed E-state index contributed by atoms with van der Waals surface area (Å²) in [7, 11) is -3.55. The molecule has 0 aliphatic heterocycles. The molecule has 0 aliphatic carbocycles. The van der Waals surface area contributed by atoms with Crippen molar-refractivity contribution in [2.75, 3.05) is 17.1 Å². The average molecular weight is 520 g/mol. The van der Waals surface area contributed by atoms with Crippen molar-refractivity contribution < 1.29 is 22.4 Å². The first-order valence-corrected chi connectivity index (χ1v) is 14.0. The van der Waals surface area contributed by atoms with Crippen molar-refractivity contribution in [3.63, 3.8) is 0 Å². The molecule has 2 aromatic carbocycles. The lowest BCUT2D eigenvalue weighted by Crippen LogP contribution is -2.53. The zero-order chi connectivity index (χ0) is 27.1. The van der Waals surface area contributed by atoms with Gasteiger partial charge in [0.15, 0.2) is 0 Å². The number of rotatable bonds is 11. The fraction of sp³-hybridized carbons (Fsp3) is 0.481. The van der Waals surface area contributed by atoms with Crippen LogP contribution in [0, 0.1) is 12.7 Å². The Balaban J connectivity index is 2.23. The van der Waals surface area contributed by atoms with E-state index in [1.54, 1.807) is 30.3 Å². The van der Waals surface area contributed by atoms with Gasteiger partial charge in [0.25, 0.3) is 0 Å². The maximum Gasteiger partial charge on any atom is 0.243 e. The van der Waals surface area contributed by atoms with E-state index in [0.717, 1.165) is 11.8 Å². The summed E-state index contributed by atoms with van der Waals surface area (Å²) in [4.78, 5) is 28.0. The van der Waals surface area contributed by atoms with Crippen molar-refractivity contribution in [3.8, 4) is 0 Å². The molecule has 0 unspecified atom stereocenters. The van der Waals surface area contributed by atoms with E-state index in [4.69, 9.17) is 0 Å². The zero-order valence-corrected chi connectivity index (χ0v) is 22.9. The van der Waals surface area contributed by atoms with E-state index >= 15 is 0 Å². The van der Waals surface area contributed by atoms with E-state index in [2.05, 4.69) is 5.32 Å². The Morgan fingerprint density at radius 1 is 1.08 bits per heavy atom. The van der Waals surface area contributed by atoms with Crippen LogP contribution in [0.4, 0.5) is 10.1 Å². The molecule has 0 spiro atoms. The summed E-state index contributed by atoms with van der Waals surface area (Å²) < 4.78 is 39.6. The van der Waals surface area contributed by atoms with Gasteiger partial charge in [0, 0.05) is 25.0 Å². The number of benzene rings is 2. The number of carbonyl (C=O) groups is 2. The molecule has 0 aliphatic rings. The minimum Gasteiger partial charge on any atom is -0.350 e. The molecule has 0 radical (unpaired) electrons. The first-order valence-electron chi connectivity index (χ1n) is 12.1. The Hall–Kier alpha value is -2.94. The number of anilines is 1. The van der Waals surface area contributed by atoms with Gasteiger partial charge >= 0.3 is 0 Å². The zero-order valence-electron chi connectivity index (χ0n) is 22.0. The summed E-state index contributed by atoms with van der Waals surface area (Å²) in [6.07, 6.45) is 1.87. The van der Waals surface area contributed by atoms with Crippen LogP contribution >= 0.6 is 0 Å². The van der Waals surface area contributed by atoms with Crippen molar-refractivity contribution in [3.05, 3.63) is 65.5 Å². The largest absolute Gasteiger partial charge is 0.350 e. The SMILES string of the molecule is CC[C@H](C(=O)NC(C)(C)C)N(Cc1ccc(F)cc1)C(=O)CCCN(c1cccc(C)c1)S(C)(=O)=O. The highest BCUT2D eigenvalue weighted by Gasteiger charge is 2.30. The lowest BCUT2D eigenvalue weighted by molar-refractivity contribution is -0.142. The standard InChI is InChI=1S/C27H38FN3O4S/c1-7-24(26(33)29-27(3,4)5)30(19-21-13-15-22(28)16-14-21)25(32)12-9-17-31(36(6,34)35)23-11-8-10-20(2)18-23/h8,10-11,13-16,18,24H,7,9,12,17,19H2,1-6H3,(H,29,33)/t24-/m1/s1. The minimum atomic E-state index is -3.55. The van der Waals surface area contributed by atoms with Crippen LogP contribution in [0.5, 0.6) is 0 Å². The molecule has 0 aromatic heterocycles. The second-order valence-electron chi connectivity index (χ2n) is 10.1. The first-order chi connectivity index (χ1) is 16.7. The van der Waals surface area contributed by atoms with Crippen LogP contribution < -0.4 is 9.62 Å². The van der Waals surface area contributed by atoms with Crippen LogP contribution in [-0.4, -0.2) is 49.5 Å². The molecule has 1 atom stereocenters. The van der Waals surface area contributed by atoms with E-state index in [9.17, 15) is 22.4 Å². The number of nitrogens with zero attached hydrogens (tertiary/aromatic N) is 2. The minimum absolute atomic E-state index is 0.0539. The number of amides is 2. The number of halogens is 1. The summed E-state index contributed by atoms with van der Waals surface area (Å²) in [6, 6.07) is 12.3. The second kappa shape index (κ2) is 12.3. The smallest absolute Gasteiger partial charge is 0.243 e. The van der Waals surface area contributed by atoms with Crippen LogP contribution in [0.15, 0.2) is 48.5 Å². The van der Waals surface area contributed by atoms with Crippen LogP contribution in [0.3, 0.4) is 0 Å². The van der Waals surface area contributed by atoms with Crippen LogP contribution in [0.25, 0.3) is 0 Å². The topological polar surface area (TPSA) is 86.8 Å². The molecule has 0 heterocycles. The summed E-state index contributed by atoms with van der Waals surface area (Å²) in [6.45, 7) is 9.60. The fourth-order valence-electron chi connectivity index (χ4n) is 3.95. The van der Waals surface area contributed by atoms with Gasteiger partial charge in [-0.2, -0.15) is 0 Å². The molecule has 0 fully saturated rings. The lowest BCUT2D eigenvalue weighted by Gasteiger charge is -2.33. The number of hydrogen-bond acceptors (Lipinski definition) is 4. The van der Waals surface area contributed by atoms with E-state index < -0.39 is 21.6 Å². The van der Waals surface area contributed by atoms with Gasteiger partial charge in [0.05, 0.1) is 11.9 Å². The Kier molecular flexibility index (Phi) is 10.0. The summed E-state index contributed by atoms with van der Waals surface area (Å²) >= 11 is 0. The number of carbonyl (C=O) groups excluding carboxylic acids is 2. The van der Waals surface area contributed by atoms with Gasteiger partial charge in [0.1, 0.15) is 11.9 Å². The Morgan fingerprint density at radius 2 is 1.72 bits per heavy atom. The van der Waals surface area contributed by atoms with Crippen molar-refractivity contribution in [2.24, 2.45) is 0 Å². The van der Waals surface area contributed by atoms with Gasteiger partial charge in [-0.25, -0.2) is 12.8 Å². The Bertz CT molecular complexity index is 1140. The third-order valence-electron chi connectivity index (χ3n) is 5.59. The molecule has 7 nitrogen and oxygen atoms in total. The van der Waals surface area contributed by atoms with Crippen molar-refractivity contribution in [1.82, 2.24) is 10.2 Å². The van der Waals surface area contributed by atoms with Crippen LogP contribution in [0.2, 0.25) is 0 Å². The Morgan fingerprint density at radius 3 is 2.25 bits per heavy atom. The molecular formula is C27H38FN3O4S. The predicted octanol–water partition coefficient (Wildman–Crippen LogP) is 4.40. The molecule has 2 rings (SSSR count). The second-order valence-corrected chi connectivity index (χ2v) is 12.0. The van der Waals surface area contributed by atoms with Gasteiger partial charge in [0.2, 0.25) is 21.8 Å². The van der Waals surface area contributed by atoms with Gasteiger partial charge in [-0.05, 0) is 75.9 Å². The highest BCUT2D eigenvalue weighted by molar-refractivity contribution is 7.92. The van der Waals surface area contributed by atoms with Crippen LogP contribution in [0.1, 0.15) is 58.1 Å². The van der Waals surface area contributed by atoms with Gasteiger partial charge in [-0.3, -0.25) is 13.9 Å². The molecule has 2 aromatic rings. The molecule has 1 N–H and O–H groups in total. The van der Waals surface area contributed by atoms with Crippen molar-refractivity contribution in [1.29, 1.82) is 0 Å². The quantitative estimate of drug-likeness (QED) is 0.477. The number of nitrogens with one attached hydrogen (secondary N) is 1. The molecule has 0 bridgehead atoms. The van der Waals surface area contributed by atoms with E-state index in [1.165, 1.54) is 21.3 Å². The maximum atomic E-state index is 13.4. The van der Waals surface area contributed by atoms with E-state index in [0.29, 0.717) is 17.7 Å². The molecule has 0 saturated carbocycles. The van der Waals surface area contributed by atoms with Gasteiger partial charge in [-0.15, -0.1) is 0 Å². The van der Waals surface area contributed by atoms with Gasteiger partial charge < -0.3 is 10.2 Å². The summed E-state index contributed by atoms with van der Waals surface area (Å²) in [5.74, 6) is -0.919. The number of hydrogen-bond donors (Lipinski definition) is 1. The summed E-state index contributed by atoms with van der Waals surface area (Å²) in [5, 5.41) is 2.94. The first kappa shape index (κ1) is 29.3. The maximum absolute atomic E-state index is 13.4. The normalized spacial score (nSPS) is 12.6. The monoisotopic (exact) mass is 519 g/mol. The van der Waals surface area contributed by atoms with E-state index in [1.807, 2.05) is 40.7 Å². The molecule has 0 saturated heterocycles. The average Bonchev–Trinajstić information content (AvgIpc) is 2.75. The molecule has 2 amide bonds. The third kappa shape index (κ3) is 8.93. The fourth-order valence-corrected chi connectivity index (χ4v) is 4.90. The number of aryl methyl sites for hydroxylation is 1.